The minimum Gasteiger partial charge on any atom is -0.480 e. The van der Waals surface area contributed by atoms with E-state index in [1.807, 2.05) is 0 Å². The standard InChI is InChI=1S/C25H38N2O5/c1-15(22(29)30)26-21(28)14-32-27-17-7-10-23(2)16(13-17)5-6-18-19(23)8-11-24(3)20(18)9-12-25(24,4)31/h13,15,18-20,31H,5-12,14H2,1-4H3,(H,26,28)(H,29,30)/b27-17+/t15?,18-,19+,20+,23+,24+,25+/m1/s1. The smallest absolute Gasteiger partial charge is 0.325 e. The number of nitrogens with one attached hydrogen (secondary N) is 1. The molecule has 7 atom stereocenters. The predicted octanol–water partition coefficient (Wildman–Crippen LogP) is 3.66. The lowest BCUT2D eigenvalue weighted by Gasteiger charge is -2.59. The van der Waals surface area contributed by atoms with Crippen LogP contribution in [0.5, 0.6) is 0 Å². The number of nitrogens with zero attached hydrogens (tertiary/aromatic N) is 1. The number of aliphatic carboxylic acids is 1. The molecule has 0 saturated heterocycles. The van der Waals surface area contributed by atoms with Gasteiger partial charge in [0.1, 0.15) is 6.04 Å². The highest BCUT2D eigenvalue weighted by Gasteiger charge is 2.62. The lowest BCUT2D eigenvalue weighted by Crippen LogP contribution is -2.53. The zero-order chi connectivity index (χ0) is 23.3. The lowest BCUT2D eigenvalue weighted by atomic mass is 9.46. The molecule has 7 nitrogen and oxygen atoms in total. The lowest BCUT2D eigenvalue weighted by molar-refractivity contribution is -0.142. The summed E-state index contributed by atoms with van der Waals surface area (Å²) in [6.45, 7) is 7.92. The van der Waals surface area contributed by atoms with E-state index in [4.69, 9.17) is 9.94 Å². The van der Waals surface area contributed by atoms with Crippen LogP contribution in [0, 0.1) is 28.6 Å². The van der Waals surface area contributed by atoms with Gasteiger partial charge < -0.3 is 20.4 Å². The van der Waals surface area contributed by atoms with Crippen molar-refractivity contribution in [2.45, 2.75) is 90.7 Å². The van der Waals surface area contributed by atoms with Gasteiger partial charge >= 0.3 is 5.97 Å². The molecule has 1 unspecified atom stereocenters. The van der Waals surface area contributed by atoms with E-state index in [0.717, 1.165) is 44.2 Å². The molecular formula is C25H38N2O5. The van der Waals surface area contributed by atoms with Crippen molar-refractivity contribution in [1.29, 1.82) is 0 Å². The van der Waals surface area contributed by atoms with Gasteiger partial charge in [0.05, 0.1) is 11.3 Å². The number of fused-ring (bicyclic) bond motifs is 5. The molecule has 0 aliphatic heterocycles. The van der Waals surface area contributed by atoms with Crippen LogP contribution in [0.3, 0.4) is 0 Å². The highest BCUT2D eigenvalue weighted by atomic mass is 16.6. The zero-order valence-corrected chi connectivity index (χ0v) is 19.8. The molecular weight excluding hydrogens is 408 g/mol. The summed E-state index contributed by atoms with van der Waals surface area (Å²) in [5.74, 6) is 0.371. The Kier molecular flexibility index (Phi) is 5.93. The summed E-state index contributed by atoms with van der Waals surface area (Å²) in [6.07, 6.45) is 10.6. The summed E-state index contributed by atoms with van der Waals surface area (Å²) < 4.78 is 0. The number of hydrogen-bond donors (Lipinski definition) is 3. The van der Waals surface area contributed by atoms with Gasteiger partial charge in [-0.2, -0.15) is 0 Å². The fraction of sp³-hybridized carbons (Fsp3) is 0.800. The van der Waals surface area contributed by atoms with Crippen LogP contribution in [0.25, 0.3) is 0 Å². The molecule has 4 aliphatic carbocycles. The number of hydrogen-bond acceptors (Lipinski definition) is 5. The Morgan fingerprint density at radius 2 is 1.88 bits per heavy atom. The van der Waals surface area contributed by atoms with Gasteiger partial charge in [0.25, 0.3) is 5.91 Å². The summed E-state index contributed by atoms with van der Waals surface area (Å²) in [6, 6.07) is -0.952. The van der Waals surface area contributed by atoms with E-state index in [9.17, 15) is 14.7 Å². The van der Waals surface area contributed by atoms with E-state index in [1.165, 1.54) is 25.3 Å². The third-order valence-electron chi connectivity index (χ3n) is 9.66. The Balaban J connectivity index is 1.42. The Hall–Kier alpha value is -1.89. The van der Waals surface area contributed by atoms with Crippen molar-refractivity contribution in [3.63, 3.8) is 0 Å². The molecule has 3 saturated carbocycles. The van der Waals surface area contributed by atoms with Crippen molar-refractivity contribution in [2.75, 3.05) is 6.61 Å². The second kappa shape index (κ2) is 8.15. The number of amides is 1. The molecule has 1 amide bonds. The van der Waals surface area contributed by atoms with E-state index in [2.05, 4.69) is 37.3 Å². The molecule has 0 spiro atoms. The van der Waals surface area contributed by atoms with Crippen molar-refractivity contribution in [3.8, 4) is 0 Å². The number of aliphatic hydroxyl groups is 1. The average Bonchev–Trinajstić information content (AvgIpc) is 2.97. The SMILES string of the molecule is CC(NC(=O)CO/N=C1/C=C2CC[C@@H]3[C@H](CC[C@@]4(C)[C@H]3CC[C@]4(C)O)[C@@]2(C)CC1)C(=O)O. The third kappa shape index (κ3) is 3.76. The Labute approximate surface area is 190 Å². The number of carboxylic acids is 1. The first-order valence-electron chi connectivity index (χ1n) is 12.1. The van der Waals surface area contributed by atoms with Gasteiger partial charge in [-0.1, -0.05) is 24.6 Å². The maximum absolute atomic E-state index is 11.8. The van der Waals surface area contributed by atoms with Gasteiger partial charge in [-0.25, -0.2) is 0 Å². The highest BCUT2D eigenvalue weighted by Crippen LogP contribution is 2.67. The first-order chi connectivity index (χ1) is 15.0. The fourth-order valence-electron chi connectivity index (χ4n) is 7.41. The molecule has 0 bridgehead atoms. The fourth-order valence-corrected chi connectivity index (χ4v) is 7.41. The second-order valence-corrected chi connectivity index (χ2v) is 11.3. The van der Waals surface area contributed by atoms with E-state index < -0.39 is 23.5 Å². The van der Waals surface area contributed by atoms with Crippen LogP contribution in [0.4, 0.5) is 0 Å². The van der Waals surface area contributed by atoms with Crippen molar-refractivity contribution in [1.82, 2.24) is 5.32 Å². The largest absolute Gasteiger partial charge is 0.480 e. The number of allylic oxidation sites excluding steroid dienone is 2. The Bertz CT molecular complexity index is 849. The first kappa shape index (κ1) is 23.3. The number of carboxylic acid groups (broad SMARTS) is 1. The molecule has 178 valence electrons. The van der Waals surface area contributed by atoms with Crippen molar-refractivity contribution in [3.05, 3.63) is 11.6 Å². The van der Waals surface area contributed by atoms with Crippen molar-refractivity contribution < 1.29 is 24.6 Å². The normalized spacial score (nSPS) is 42.8. The molecule has 32 heavy (non-hydrogen) atoms. The van der Waals surface area contributed by atoms with E-state index >= 15 is 0 Å². The van der Waals surface area contributed by atoms with Gasteiger partial charge in [-0.15, -0.1) is 0 Å². The second-order valence-electron chi connectivity index (χ2n) is 11.3. The van der Waals surface area contributed by atoms with Gasteiger partial charge in [-0.3, -0.25) is 9.59 Å². The summed E-state index contributed by atoms with van der Waals surface area (Å²) in [7, 11) is 0. The number of carbonyl (C=O) groups is 2. The van der Waals surface area contributed by atoms with Crippen molar-refractivity contribution in [2.24, 2.45) is 33.7 Å². The minimum absolute atomic E-state index is 0.0412. The van der Waals surface area contributed by atoms with E-state index in [0.29, 0.717) is 17.8 Å². The van der Waals surface area contributed by atoms with Crippen molar-refractivity contribution >= 4 is 17.6 Å². The van der Waals surface area contributed by atoms with Crippen LogP contribution < -0.4 is 5.32 Å². The highest BCUT2D eigenvalue weighted by molar-refractivity contribution is 5.96. The zero-order valence-electron chi connectivity index (χ0n) is 19.8. The Morgan fingerprint density at radius 1 is 1.16 bits per heavy atom. The number of oxime groups is 1. The van der Waals surface area contributed by atoms with Crippen LogP contribution in [0.1, 0.15) is 79.1 Å². The molecule has 4 aliphatic rings. The molecule has 0 aromatic rings. The first-order valence-corrected chi connectivity index (χ1v) is 12.1. The van der Waals surface area contributed by atoms with Crippen LogP contribution in [0.15, 0.2) is 16.8 Å². The Morgan fingerprint density at radius 3 is 2.59 bits per heavy atom. The van der Waals surface area contributed by atoms with Crippen LogP contribution in [-0.4, -0.2) is 46.1 Å². The van der Waals surface area contributed by atoms with Crippen LogP contribution >= 0.6 is 0 Å². The van der Waals surface area contributed by atoms with Gasteiger partial charge in [0.2, 0.25) is 0 Å². The maximum Gasteiger partial charge on any atom is 0.325 e. The van der Waals surface area contributed by atoms with Crippen LogP contribution in [0.2, 0.25) is 0 Å². The molecule has 0 aromatic carbocycles. The summed E-state index contributed by atoms with van der Waals surface area (Å²) in [5.41, 5.74) is 1.98. The molecule has 3 N–H and O–H groups in total. The number of rotatable bonds is 5. The predicted molar refractivity (Wildman–Crippen MR) is 121 cm³/mol. The quantitative estimate of drug-likeness (QED) is 0.559. The van der Waals surface area contributed by atoms with Gasteiger partial charge in [0, 0.05) is 0 Å². The van der Waals surface area contributed by atoms with Gasteiger partial charge in [0.15, 0.2) is 6.61 Å². The monoisotopic (exact) mass is 446 g/mol. The summed E-state index contributed by atoms with van der Waals surface area (Å²) >= 11 is 0. The molecule has 0 radical (unpaired) electrons. The molecule has 4 rings (SSSR count). The van der Waals surface area contributed by atoms with Crippen LogP contribution in [-0.2, 0) is 14.4 Å². The molecule has 3 fully saturated rings. The van der Waals surface area contributed by atoms with E-state index in [1.54, 1.807) is 0 Å². The van der Waals surface area contributed by atoms with Gasteiger partial charge in [-0.05, 0) is 99.9 Å². The third-order valence-corrected chi connectivity index (χ3v) is 9.66. The molecule has 0 aromatic heterocycles. The molecule has 7 heteroatoms. The molecule has 0 heterocycles. The van der Waals surface area contributed by atoms with E-state index in [-0.39, 0.29) is 17.4 Å². The summed E-state index contributed by atoms with van der Waals surface area (Å²) in [5, 5.41) is 26.5. The maximum atomic E-state index is 11.8. The summed E-state index contributed by atoms with van der Waals surface area (Å²) in [4.78, 5) is 27.9. The minimum atomic E-state index is -1.08. The number of carbonyl (C=O) groups excluding carboxylic acids is 1. The average molecular weight is 447 g/mol. The topological polar surface area (TPSA) is 108 Å².